The van der Waals surface area contributed by atoms with Gasteiger partial charge in [0.05, 0.1) is 10.6 Å². The summed E-state index contributed by atoms with van der Waals surface area (Å²) in [5, 5.41) is 0. The van der Waals surface area contributed by atoms with Crippen molar-refractivity contribution in [3.63, 3.8) is 0 Å². The zero-order valence-corrected chi connectivity index (χ0v) is 15.9. The number of amides is 1. The van der Waals surface area contributed by atoms with E-state index in [1.54, 1.807) is 13.0 Å². The monoisotopic (exact) mass is 391 g/mol. The van der Waals surface area contributed by atoms with E-state index in [0.717, 1.165) is 19.3 Å². The van der Waals surface area contributed by atoms with Crippen LogP contribution in [0.2, 0.25) is 0 Å². The standard InChI is InChI=1S/C19H22FN3O3S/c1-14-5-10-17(27(25,26)23-11-3-2-4-12-23)13-18(14)19(24)22-21-16-8-6-15(20)7-9-16/h5-10,13,21H,2-4,11-12H2,1H3,(H,22,24). The fourth-order valence-electron chi connectivity index (χ4n) is 2.99. The summed E-state index contributed by atoms with van der Waals surface area (Å²) in [6.07, 6.45) is 2.72. The molecule has 1 saturated heterocycles. The quantitative estimate of drug-likeness (QED) is 0.768. The van der Waals surface area contributed by atoms with Crippen LogP contribution < -0.4 is 10.9 Å². The van der Waals surface area contributed by atoms with Gasteiger partial charge in [-0.3, -0.25) is 15.6 Å². The smallest absolute Gasteiger partial charge is 0.269 e. The molecule has 2 aromatic rings. The second kappa shape index (κ2) is 8.06. The molecule has 0 radical (unpaired) electrons. The number of benzene rings is 2. The second-order valence-corrected chi connectivity index (χ2v) is 8.47. The van der Waals surface area contributed by atoms with Gasteiger partial charge in [-0.25, -0.2) is 12.8 Å². The van der Waals surface area contributed by atoms with Crippen molar-refractivity contribution in [3.8, 4) is 0 Å². The Labute approximate surface area is 158 Å². The Hall–Kier alpha value is -2.45. The number of piperidine rings is 1. The maximum absolute atomic E-state index is 12.9. The van der Waals surface area contributed by atoms with Crippen molar-refractivity contribution >= 4 is 21.6 Å². The predicted octanol–water partition coefficient (Wildman–Crippen LogP) is 3.07. The Balaban J connectivity index is 1.78. The summed E-state index contributed by atoms with van der Waals surface area (Å²) in [5.74, 6) is -0.842. The van der Waals surface area contributed by atoms with Crippen LogP contribution in [0, 0.1) is 12.7 Å². The lowest BCUT2D eigenvalue weighted by Gasteiger charge is -2.26. The number of carbonyl (C=O) groups excluding carboxylic acids is 1. The van der Waals surface area contributed by atoms with Gasteiger partial charge >= 0.3 is 0 Å². The Kier molecular flexibility index (Phi) is 5.76. The number of hydrazine groups is 1. The number of nitrogens with zero attached hydrogens (tertiary/aromatic N) is 1. The molecule has 1 amide bonds. The fourth-order valence-corrected chi connectivity index (χ4v) is 4.53. The lowest BCUT2D eigenvalue weighted by Crippen LogP contribution is -2.36. The molecular weight excluding hydrogens is 369 g/mol. The first-order valence-corrected chi connectivity index (χ1v) is 10.2. The zero-order valence-electron chi connectivity index (χ0n) is 15.0. The third-order valence-electron chi connectivity index (χ3n) is 4.57. The van der Waals surface area contributed by atoms with Crippen LogP contribution in [0.5, 0.6) is 0 Å². The molecule has 27 heavy (non-hydrogen) atoms. The molecule has 0 saturated carbocycles. The molecule has 2 N–H and O–H groups in total. The maximum atomic E-state index is 12.9. The Bertz CT molecular complexity index is 924. The highest BCUT2D eigenvalue weighted by atomic mass is 32.2. The summed E-state index contributed by atoms with van der Waals surface area (Å²) in [4.78, 5) is 12.6. The molecule has 0 atom stereocenters. The summed E-state index contributed by atoms with van der Waals surface area (Å²) in [6.45, 7) is 2.75. The molecule has 8 heteroatoms. The van der Waals surface area contributed by atoms with Crippen molar-refractivity contribution in [2.75, 3.05) is 18.5 Å². The van der Waals surface area contributed by atoms with Crippen LogP contribution in [-0.4, -0.2) is 31.7 Å². The minimum Gasteiger partial charge on any atom is -0.298 e. The Morgan fingerprint density at radius 2 is 1.70 bits per heavy atom. The van der Waals surface area contributed by atoms with E-state index in [-0.39, 0.29) is 16.3 Å². The number of carbonyl (C=O) groups is 1. The summed E-state index contributed by atoms with van der Waals surface area (Å²) < 4.78 is 40.1. The molecule has 1 aliphatic heterocycles. The molecule has 0 aliphatic carbocycles. The number of anilines is 1. The number of nitrogens with one attached hydrogen (secondary N) is 2. The molecule has 0 spiro atoms. The molecule has 1 aliphatic rings. The minimum atomic E-state index is -3.62. The van der Waals surface area contributed by atoms with Gasteiger partial charge in [0, 0.05) is 18.7 Å². The van der Waals surface area contributed by atoms with Gasteiger partial charge in [0.25, 0.3) is 5.91 Å². The number of sulfonamides is 1. The lowest BCUT2D eigenvalue weighted by molar-refractivity contribution is 0.0962. The molecule has 6 nitrogen and oxygen atoms in total. The minimum absolute atomic E-state index is 0.113. The van der Waals surface area contributed by atoms with Crippen LogP contribution >= 0.6 is 0 Å². The molecule has 2 aromatic carbocycles. The van der Waals surface area contributed by atoms with Gasteiger partial charge in [0.15, 0.2) is 0 Å². The van der Waals surface area contributed by atoms with Gasteiger partial charge < -0.3 is 0 Å². The summed E-state index contributed by atoms with van der Waals surface area (Å²) in [5.41, 5.74) is 6.64. The van der Waals surface area contributed by atoms with Crippen molar-refractivity contribution < 1.29 is 17.6 Å². The number of hydrogen-bond acceptors (Lipinski definition) is 4. The molecular formula is C19H22FN3O3S. The second-order valence-electron chi connectivity index (χ2n) is 6.53. The van der Waals surface area contributed by atoms with Crippen LogP contribution in [0.4, 0.5) is 10.1 Å². The molecule has 3 rings (SSSR count). The molecule has 1 heterocycles. The molecule has 0 bridgehead atoms. The van der Waals surface area contributed by atoms with E-state index in [1.165, 1.54) is 40.7 Å². The highest BCUT2D eigenvalue weighted by molar-refractivity contribution is 7.89. The number of rotatable bonds is 5. The summed E-state index contributed by atoms with van der Waals surface area (Å²) in [6, 6.07) is 10.1. The van der Waals surface area contributed by atoms with E-state index in [0.29, 0.717) is 24.3 Å². The largest absolute Gasteiger partial charge is 0.298 e. The predicted molar refractivity (Wildman–Crippen MR) is 101 cm³/mol. The van der Waals surface area contributed by atoms with Gasteiger partial charge in [0.1, 0.15) is 5.82 Å². The van der Waals surface area contributed by atoms with Gasteiger partial charge in [0.2, 0.25) is 10.0 Å². The van der Waals surface area contributed by atoms with Gasteiger partial charge in [-0.2, -0.15) is 4.31 Å². The van der Waals surface area contributed by atoms with Crippen LogP contribution in [0.1, 0.15) is 35.2 Å². The average molecular weight is 391 g/mol. The first-order chi connectivity index (χ1) is 12.9. The first-order valence-electron chi connectivity index (χ1n) is 8.80. The van der Waals surface area contributed by atoms with Crippen molar-refractivity contribution in [1.82, 2.24) is 9.73 Å². The van der Waals surface area contributed by atoms with Crippen LogP contribution in [0.15, 0.2) is 47.4 Å². The van der Waals surface area contributed by atoms with Gasteiger partial charge in [-0.1, -0.05) is 12.5 Å². The SMILES string of the molecule is Cc1ccc(S(=O)(=O)N2CCCCC2)cc1C(=O)NNc1ccc(F)cc1. The average Bonchev–Trinajstić information content (AvgIpc) is 2.68. The first kappa shape index (κ1) is 19.3. The highest BCUT2D eigenvalue weighted by Gasteiger charge is 2.27. The third kappa shape index (κ3) is 4.45. The summed E-state index contributed by atoms with van der Waals surface area (Å²) in [7, 11) is -3.62. The zero-order chi connectivity index (χ0) is 19.4. The lowest BCUT2D eigenvalue weighted by atomic mass is 10.1. The van der Waals surface area contributed by atoms with E-state index in [1.807, 2.05) is 0 Å². The number of hydrogen-bond donors (Lipinski definition) is 2. The van der Waals surface area contributed by atoms with Crippen molar-refractivity contribution in [2.45, 2.75) is 31.1 Å². The van der Waals surface area contributed by atoms with Crippen molar-refractivity contribution in [1.29, 1.82) is 0 Å². The topological polar surface area (TPSA) is 78.5 Å². The van der Waals surface area contributed by atoms with Crippen molar-refractivity contribution in [3.05, 3.63) is 59.4 Å². The van der Waals surface area contributed by atoms with E-state index >= 15 is 0 Å². The number of halogens is 1. The Morgan fingerprint density at radius 1 is 1.04 bits per heavy atom. The third-order valence-corrected chi connectivity index (χ3v) is 6.47. The molecule has 144 valence electrons. The normalized spacial score (nSPS) is 15.3. The molecule has 1 fully saturated rings. The molecule has 0 unspecified atom stereocenters. The van der Waals surface area contributed by atoms with Gasteiger partial charge in [-0.15, -0.1) is 0 Å². The van der Waals surface area contributed by atoms with Crippen LogP contribution in [-0.2, 0) is 10.0 Å². The van der Waals surface area contributed by atoms with Crippen LogP contribution in [0.25, 0.3) is 0 Å². The fraction of sp³-hybridized carbons (Fsp3) is 0.316. The van der Waals surface area contributed by atoms with E-state index < -0.39 is 15.9 Å². The van der Waals surface area contributed by atoms with E-state index in [2.05, 4.69) is 10.9 Å². The maximum Gasteiger partial charge on any atom is 0.269 e. The highest BCUT2D eigenvalue weighted by Crippen LogP contribution is 2.23. The molecule has 0 aromatic heterocycles. The van der Waals surface area contributed by atoms with Crippen LogP contribution in [0.3, 0.4) is 0 Å². The van der Waals surface area contributed by atoms with E-state index in [9.17, 15) is 17.6 Å². The van der Waals surface area contributed by atoms with Gasteiger partial charge in [-0.05, 0) is 61.7 Å². The number of aryl methyl sites for hydroxylation is 1. The van der Waals surface area contributed by atoms with E-state index in [4.69, 9.17) is 0 Å². The summed E-state index contributed by atoms with van der Waals surface area (Å²) >= 11 is 0. The Morgan fingerprint density at radius 3 is 2.37 bits per heavy atom. The van der Waals surface area contributed by atoms with Crippen molar-refractivity contribution in [2.24, 2.45) is 0 Å².